The van der Waals surface area contributed by atoms with Crippen molar-refractivity contribution in [3.63, 3.8) is 0 Å². The van der Waals surface area contributed by atoms with Crippen LogP contribution in [0.25, 0.3) is 0 Å². The lowest BCUT2D eigenvalue weighted by Crippen LogP contribution is -2.45. The number of nitrogens with zero attached hydrogens (tertiary/aromatic N) is 2. The predicted molar refractivity (Wildman–Crippen MR) is 98.3 cm³/mol. The number of rotatable bonds is 5. The summed E-state index contributed by atoms with van der Waals surface area (Å²) in [4.78, 5) is 17.7. The summed E-state index contributed by atoms with van der Waals surface area (Å²) in [5.41, 5.74) is -0.466. The van der Waals surface area contributed by atoms with Crippen LogP contribution >= 0.6 is 11.8 Å². The van der Waals surface area contributed by atoms with E-state index in [0.29, 0.717) is 19.1 Å². The second-order valence-electron chi connectivity index (χ2n) is 6.91. The summed E-state index contributed by atoms with van der Waals surface area (Å²) in [5, 5.41) is 7.48. The molecule has 0 aromatic heterocycles. The van der Waals surface area contributed by atoms with Gasteiger partial charge in [-0.05, 0) is 46.3 Å². The van der Waals surface area contributed by atoms with E-state index in [1.54, 1.807) is 19.0 Å². The molecule has 1 amide bonds. The van der Waals surface area contributed by atoms with Gasteiger partial charge < -0.3 is 20.3 Å². The lowest BCUT2D eigenvalue weighted by molar-refractivity contribution is 0.0302. The molecule has 1 saturated carbocycles. The van der Waals surface area contributed by atoms with Crippen LogP contribution in [0.5, 0.6) is 0 Å². The minimum Gasteiger partial charge on any atom is -0.444 e. The second-order valence-corrected chi connectivity index (χ2v) is 8.05. The zero-order chi connectivity index (χ0) is 17.5. The summed E-state index contributed by atoms with van der Waals surface area (Å²) in [6, 6.07) is 0.488. The molecule has 0 spiro atoms. The summed E-state index contributed by atoms with van der Waals surface area (Å²) in [7, 11) is 3.51. The van der Waals surface area contributed by atoms with Crippen molar-refractivity contribution >= 4 is 23.8 Å². The van der Waals surface area contributed by atoms with Crippen molar-refractivity contribution < 1.29 is 9.53 Å². The van der Waals surface area contributed by atoms with Crippen LogP contribution in [0.4, 0.5) is 4.79 Å². The molecule has 0 bridgehead atoms. The molecule has 1 aliphatic carbocycles. The number of amides is 1. The Kier molecular flexibility index (Phi) is 8.02. The Morgan fingerprint density at radius 1 is 1.39 bits per heavy atom. The number of hydrogen-bond donors (Lipinski definition) is 2. The van der Waals surface area contributed by atoms with Crippen LogP contribution in [0.3, 0.4) is 0 Å². The molecule has 1 rings (SSSR count). The van der Waals surface area contributed by atoms with E-state index < -0.39 is 5.60 Å². The van der Waals surface area contributed by atoms with Gasteiger partial charge in [-0.15, -0.1) is 0 Å². The van der Waals surface area contributed by atoms with Crippen molar-refractivity contribution in [1.29, 1.82) is 0 Å². The van der Waals surface area contributed by atoms with Crippen molar-refractivity contribution in [2.24, 2.45) is 4.99 Å². The fourth-order valence-electron chi connectivity index (χ4n) is 2.45. The fourth-order valence-corrected chi connectivity index (χ4v) is 3.24. The van der Waals surface area contributed by atoms with Crippen LogP contribution in [0.15, 0.2) is 4.99 Å². The first-order valence-corrected chi connectivity index (χ1v) is 9.48. The van der Waals surface area contributed by atoms with Crippen LogP contribution in [0.2, 0.25) is 0 Å². The monoisotopic (exact) mass is 344 g/mol. The Morgan fingerprint density at radius 2 is 2.09 bits per heavy atom. The third-order valence-corrected chi connectivity index (χ3v) is 4.82. The molecular weight excluding hydrogens is 312 g/mol. The molecule has 0 aromatic carbocycles. The third-order valence-electron chi connectivity index (χ3n) is 3.73. The summed E-state index contributed by atoms with van der Waals surface area (Å²) in [5.74, 6) is 0.800. The van der Waals surface area contributed by atoms with Gasteiger partial charge in [0.15, 0.2) is 5.96 Å². The maximum atomic E-state index is 11.9. The molecule has 2 unspecified atom stereocenters. The molecule has 6 nitrogen and oxygen atoms in total. The smallest absolute Gasteiger partial charge is 0.410 e. The Labute approximate surface area is 144 Å². The van der Waals surface area contributed by atoms with Gasteiger partial charge in [0.1, 0.15) is 5.60 Å². The number of hydrogen-bond acceptors (Lipinski definition) is 4. The number of ether oxygens (including phenoxy) is 1. The average molecular weight is 345 g/mol. The molecule has 0 aliphatic heterocycles. The molecule has 2 atom stereocenters. The van der Waals surface area contributed by atoms with Gasteiger partial charge in [0.05, 0.1) is 0 Å². The Morgan fingerprint density at radius 3 is 2.61 bits per heavy atom. The van der Waals surface area contributed by atoms with Gasteiger partial charge in [-0.1, -0.05) is 0 Å². The van der Waals surface area contributed by atoms with E-state index in [2.05, 4.69) is 21.9 Å². The molecule has 2 N–H and O–H groups in total. The summed E-state index contributed by atoms with van der Waals surface area (Å²) >= 11 is 1.94. The molecule has 0 radical (unpaired) electrons. The Hall–Kier alpha value is -1.11. The van der Waals surface area contributed by atoms with E-state index in [-0.39, 0.29) is 6.09 Å². The normalized spacial score (nSPS) is 21.9. The van der Waals surface area contributed by atoms with E-state index >= 15 is 0 Å². The van der Waals surface area contributed by atoms with Crippen molar-refractivity contribution in [2.45, 2.75) is 56.9 Å². The van der Waals surface area contributed by atoms with E-state index in [0.717, 1.165) is 11.2 Å². The van der Waals surface area contributed by atoms with Crippen molar-refractivity contribution in [2.75, 3.05) is 33.4 Å². The first-order valence-electron chi connectivity index (χ1n) is 8.19. The molecule has 7 heteroatoms. The molecule has 23 heavy (non-hydrogen) atoms. The van der Waals surface area contributed by atoms with Crippen LogP contribution in [0, 0.1) is 0 Å². The highest BCUT2D eigenvalue weighted by Gasteiger charge is 2.24. The number of thioether (sulfide) groups is 1. The van der Waals surface area contributed by atoms with E-state index in [1.807, 2.05) is 32.5 Å². The SMILES string of the molecule is CN=C(NCCN(C)C(=O)OC(C)(C)C)NC1CCC(SC)C1. The second kappa shape index (κ2) is 9.25. The molecular formula is C16H32N4O2S. The van der Waals surface area contributed by atoms with Crippen molar-refractivity contribution in [3.8, 4) is 0 Å². The summed E-state index contributed by atoms with van der Waals surface area (Å²) < 4.78 is 5.33. The van der Waals surface area contributed by atoms with Crippen LogP contribution in [-0.2, 0) is 4.74 Å². The zero-order valence-corrected chi connectivity index (χ0v) is 16.1. The minimum absolute atomic E-state index is 0.305. The number of carbonyl (C=O) groups is 1. The number of carbonyl (C=O) groups excluding carboxylic acids is 1. The molecule has 134 valence electrons. The maximum absolute atomic E-state index is 11.9. The quantitative estimate of drug-likeness (QED) is 0.592. The minimum atomic E-state index is -0.466. The van der Waals surface area contributed by atoms with Crippen LogP contribution in [0.1, 0.15) is 40.0 Å². The molecule has 0 aromatic rings. The number of guanidine groups is 1. The number of likely N-dealkylation sites (N-methyl/N-ethyl adjacent to an activating group) is 1. The number of aliphatic imine (C=N–C) groups is 1. The first-order chi connectivity index (χ1) is 10.7. The highest BCUT2D eigenvalue weighted by atomic mass is 32.2. The first kappa shape index (κ1) is 19.9. The topological polar surface area (TPSA) is 66.0 Å². The molecule has 0 heterocycles. The van der Waals surface area contributed by atoms with Crippen LogP contribution < -0.4 is 10.6 Å². The van der Waals surface area contributed by atoms with Gasteiger partial charge in [-0.3, -0.25) is 4.99 Å². The van der Waals surface area contributed by atoms with Gasteiger partial charge in [-0.2, -0.15) is 11.8 Å². The molecule has 0 saturated heterocycles. The standard InChI is InChI=1S/C16H32N4O2S/c1-16(2,3)22-15(21)20(5)10-9-18-14(17-4)19-12-7-8-13(11-12)23-6/h12-13H,7-11H2,1-6H3,(H2,17,18,19). The Balaban J connectivity index is 2.28. The summed E-state index contributed by atoms with van der Waals surface area (Å²) in [6.45, 7) is 6.80. The fraction of sp³-hybridized carbons (Fsp3) is 0.875. The van der Waals surface area contributed by atoms with Crippen molar-refractivity contribution in [3.05, 3.63) is 0 Å². The van der Waals surface area contributed by atoms with Gasteiger partial charge in [0.2, 0.25) is 0 Å². The lowest BCUT2D eigenvalue weighted by Gasteiger charge is -2.25. The average Bonchev–Trinajstić information content (AvgIpc) is 2.91. The predicted octanol–water partition coefficient (Wildman–Crippen LogP) is 2.30. The Bertz CT molecular complexity index is 409. The van der Waals surface area contributed by atoms with E-state index in [4.69, 9.17) is 4.74 Å². The highest BCUT2D eigenvalue weighted by Crippen LogP contribution is 2.27. The van der Waals surface area contributed by atoms with E-state index in [1.165, 1.54) is 19.3 Å². The highest BCUT2D eigenvalue weighted by molar-refractivity contribution is 7.99. The van der Waals surface area contributed by atoms with Crippen molar-refractivity contribution in [1.82, 2.24) is 15.5 Å². The maximum Gasteiger partial charge on any atom is 0.410 e. The van der Waals surface area contributed by atoms with Gasteiger partial charge in [0, 0.05) is 38.5 Å². The summed E-state index contributed by atoms with van der Waals surface area (Å²) in [6.07, 6.45) is 5.49. The molecule has 1 aliphatic rings. The number of nitrogens with one attached hydrogen (secondary N) is 2. The van der Waals surface area contributed by atoms with E-state index in [9.17, 15) is 4.79 Å². The molecule has 1 fully saturated rings. The lowest BCUT2D eigenvalue weighted by atomic mass is 10.2. The van der Waals surface area contributed by atoms with Gasteiger partial charge in [0.25, 0.3) is 0 Å². The zero-order valence-electron chi connectivity index (χ0n) is 15.3. The van der Waals surface area contributed by atoms with Gasteiger partial charge >= 0.3 is 6.09 Å². The van der Waals surface area contributed by atoms with Gasteiger partial charge in [-0.25, -0.2) is 4.79 Å². The third kappa shape index (κ3) is 7.81. The van der Waals surface area contributed by atoms with Crippen LogP contribution in [-0.4, -0.2) is 67.3 Å². The largest absolute Gasteiger partial charge is 0.444 e.